The van der Waals surface area contributed by atoms with E-state index in [0.717, 1.165) is 70.0 Å². The van der Waals surface area contributed by atoms with E-state index in [1.54, 1.807) is 0 Å². The molecule has 1 saturated heterocycles. The SMILES string of the molecule is C[C@@H](CC(=O)NCc1cc2n(n1)CCCN(C(=O)C1CCC1)C2)N1CCOCC1. The fourth-order valence-electron chi connectivity index (χ4n) is 4.39. The fourth-order valence-corrected chi connectivity index (χ4v) is 4.39. The summed E-state index contributed by atoms with van der Waals surface area (Å²) in [4.78, 5) is 29.3. The second kappa shape index (κ2) is 9.26. The monoisotopic (exact) mass is 403 g/mol. The Morgan fingerprint density at radius 1 is 1.21 bits per heavy atom. The Morgan fingerprint density at radius 2 is 2.00 bits per heavy atom. The number of nitrogens with zero attached hydrogens (tertiary/aromatic N) is 4. The molecule has 3 aliphatic rings. The lowest BCUT2D eigenvalue weighted by Crippen LogP contribution is -2.44. The molecule has 0 spiro atoms. The normalized spacial score (nSPS) is 21.8. The summed E-state index contributed by atoms with van der Waals surface area (Å²) >= 11 is 0. The summed E-state index contributed by atoms with van der Waals surface area (Å²) in [6.07, 6.45) is 4.66. The van der Waals surface area contributed by atoms with Gasteiger partial charge in [-0.05, 0) is 32.3 Å². The molecule has 0 radical (unpaired) electrons. The number of fused-ring (bicyclic) bond motifs is 1. The molecule has 1 aliphatic carbocycles. The van der Waals surface area contributed by atoms with Gasteiger partial charge < -0.3 is 15.0 Å². The highest BCUT2D eigenvalue weighted by molar-refractivity contribution is 5.79. The Labute approximate surface area is 172 Å². The smallest absolute Gasteiger partial charge is 0.226 e. The van der Waals surface area contributed by atoms with Gasteiger partial charge in [0.2, 0.25) is 11.8 Å². The minimum Gasteiger partial charge on any atom is -0.379 e. The van der Waals surface area contributed by atoms with Gasteiger partial charge in [0.15, 0.2) is 0 Å². The van der Waals surface area contributed by atoms with Crippen molar-refractivity contribution >= 4 is 11.8 Å². The third kappa shape index (κ3) is 4.98. The van der Waals surface area contributed by atoms with Gasteiger partial charge in [-0.3, -0.25) is 19.2 Å². The molecular formula is C21H33N5O3. The molecule has 1 atom stereocenters. The van der Waals surface area contributed by atoms with Crippen LogP contribution in [0.15, 0.2) is 6.07 Å². The van der Waals surface area contributed by atoms with Crippen molar-refractivity contribution in [1.82, 2.24) is 24.9 Å². The van der Waals surface area contributed by atoms with Gasteiger partial charge in [-0.25, -0.2) is 0 Å². The number of hydrogen-bond donors (Lipinski definition) is 1. The van der Waals surface area contributed by atoms with Gasteiger partial charge in [0.25, 0.3) is 0 Å². The standard InChI is InChI=1S/C21H33N5O3/c1-16(24-8-10-29-11-9-24)12-20(27)22-14-18-13-19-15-25(6-3-7-26(19)23-18)21(28)17-4-2-5-17/h13,16-17H,2-12,14-15H2,1H3,(H,22,27)/t16-/m0/s1. The van der Waals surface area contributed by atoms with Crippen LogP contribution in [-0.4, -0.2) is 70.3 Å². The number of rotatable bonds is 6. The number of nitrogens with one attached hydrogen (secondary N) is 1. The number of morpholine rings is 1. The van der Waals surface area contributed by atoms with E-state index in [9.17, 15) is 9.59 Å². The van der Waals surface area contributed by atoms with Crippen molar-refractivity contribution < 1.29 is 14.3 Å². The van der Waals surface area contributed by atoms with Gasteiger partial charge in [-0.15, -0.1) is 0 Å². The van der Waals surface area contributed by atoms with Crippen molar-refractivity contribution in [3.63, 3.8) is 0 Å². The number of ether oxygens (including phenoxy) is 1. The van der Waals surface area contributed by atoms with Crippen LogP contribution >= 0.6 is 0 Å². The van der Waals surface area contributed by atoms with Crippen LogP contribution in [0.25, 0.3) is 0 Å². The number of amides is 2. The molecule has 1 saturated carbocycles. The summed E-state index contributed by atoms with van der Waals surface area (Å²) in [7, 11) is 0. The van der Waals surface area contributed by atoms with Crippen LogP contribution in [-0.2, 0) is 34.0 Å². The molecule has 160 valence electrons. The van der Waals surface area contributed by atoms with Crippen LogP contribution in [0.3, 0.4) is 0 Å². The van der Waals surface area contributed by atoms with Crippen molar-refractivity contribution in [2.45, 2.75) is 64.7 Å². The van der Waals surface area contributed by atoms with E-state index >= 15 is 0 Å². The second-order valence-electron chi connectivity index (χ2n) is 8.57. The Morgan fingerprint density at radius 3 is 2.72 bits per heavy atom. The molecule has 1 aromatic rings. The van der Waals surface area contributed by atoms with E-state index < -0.39 is 0 Å². The third-order valence-electron chi connectivity index (χ3n) is 6.45. The lowest BCUT2D eigenvalue weighted by molar-refractivity contribution is -0.138. The molecule has 2 amide bonds. The van der Waals surface area contributed by atoms with Gasteiger partial charge in [0.05, 0.1) is 37.7 Å². The minimum atomic E-state index is 0.0500. The number of carbonyl (C=O) groups excluding carboxylic acids is 2. The van der Waals surface area contributed by atoms with Crippen molar-refractivity contribution in [1.29, 1.82) is 0 Å². The van der Waals surface area contributed by atoms with E-state index in [0.29, 0.717) is 25.4 Å². The summed E-state index contributed by atoms with van der Waals surface area (Å²) in [6, 6.07) is 2.25. The van der Waals surface area contributed by atoms with Gasteiger partial charge >= 0.3 is 0 Å². The van der Waals surface area contributed by atoms with Crippen LogP contribution < -0.4 is 5.32 Å². The molecule has 2 aliphatic heterocycles. The summed E-state index contributed by atoms with van der Waals surface area (Å²) < 4.78 is 7.38. The highest BCUT2D eigenvalue weighted by Gasteiger charge is 2.31. The molecule has 4 rings (SSSR count). The third-order valence-corrected chi connectivity index (χ3v) is 6.45. The van der Waals surface area contributed by atoms with Crippen LogP contribution in [0.4, 0.5) is 0 Å². The maximum absolute atomic E-state index is 12.6. The maximum atomic E-state index is 12.6. The van der Waals surface area contributed by atoms with Gasteiger partial charge in [0, 0.05) is 44.6 Å². The van der Waals surface area contributed by atoms with Crippen LogP contribution in [0.2, 0.25) is 0 Å². The number of hydrogen-bond acceptors (Lipinski definition) is 5. The summed E-state index contributed by atoms with van der Waals surface area (Å²) in [5, 5.41) is 7.67. The average Bonchev–Trinajstić information content (AvgIpc) is 2.95. The van der Waals surface area contributed by atoms with Crippen LogP contribution in [0.1, 0.15) is 50.4 Å². The Balaban J connectivity index is 1.28. The maximum Gasteiger partial charge on any atom is 0.226 e. The molecule has 1 aromatic heterocycles. The molecule has 1 N–H and O–H groups in total. The quantitative estimate of drug-likeness (QED) is 0.771. The molecule has 8 nitrogen and oxygen atoms in total. The summed E-state index contributed by atoms with van der Waals surface area (Å²) in [5.74, 6) is 0.587. The first-order valence-electron chi connectivity index (χ1n) is 11.0. The van der Waals surface area contributed by atoms with Crippen molar-refractivity contribution in [2.24, 2.45) is 5.92 Å². The average molecular weight is 404 g/mol. The van der Waals surface area contributed by atoms with E-state index in [1.165, 1.54) is 6.42 Å². The highest BCUT2D eigenvalue weighted by atomic mass is 16.5. The topological polar surface area (TPSA) is 79.7 Å². The van der Waals surface area contributed by atoms with Gasteiger partial charge in [0.1, 0.15) is 0 Å². The number of carbonyl (C=O) groups is 2. The number of aromatic nitrogens is 2. The molecule has 8 heteroatoms. The Hall–Kier alpha value is -1.93. The van der Waals surface area contributed by atoms with Crippen LogP contribution in [0, 0.1) is 5.92 Å². The van der Waals surface area contributed by atoms with Gasteiger partial charge in [-0.2, -0.15) is 5.10 Å². The van der Waals surface area contributed by atoms with E-state index in [4.69, 9.17) is 4.74 Å². The zero-order valence-corrected chi connectivity index (χ0v) is 17.4. The zero-order chi connectivity index (χ0) is 20.2. The number of aryl methyl sites for hydroxylation is 1. The Bertz CT molecular complexity index is 724. The molecule has 0 aromatic carbocycles. The largest absolute Gasteiger partial charge is 0.379 e. The summed E-state index contributed by atoms with van der Waals surface area (Å²) in [5.41, 5.74) is 1.94. The predicted octanol–water partition coefficient (Wildman–Crippen LogP) is 1.14. The summed E-state index contributed by atoms with van der Waals surface area (Å²) in [6.45, 7) is 8.05. The first-order valence-corrected chi connectivity index (χ1v) is 11.0. The molecule has 0 bridgehead atoms. The van der Waals surface area contributed by atoms with Crippen molar-refractivity contribution in [3.8, 4) is 0 Å². The van der Waals surface area contributed by atoms with Crippen LogP contribution in [0.5, 0.6) is 0 Å². The highest BCUT2D eigenvalue weighted by Crippen LogP contribution is 2.29. The molecule has 3 heterocycles. The van der Waals surface area contributed by atoms with E-state index in [2.05, 4.69) is 22.2 Å². The lowest BCUT2D eigenvalue weighted by Gasteiger charge is -2.31. The van der Waals surface area contributed by atoms with E-state index in [1.807, 2.05) is 15.6 Å². The molecular weight excluding hydrogens is 370 g/mol. The first-order chi connectivity index (χ1) is 14.1. The molecule has 29 heavy (non-hydrogen) atoms. The zero-order valence-electron chi connectivity index (χ0n) is 17.4. The lowest BCUT2D eigenvalue weighted by atomic mass is 9.84. The van der Waals surface area contributed by atoms with Crippen molar-refractivity contribution in [2.75, 3.05) is 32.8 Å². The van der Waals surface area contributed by atoms with Crippen molar-refractivity contribution in [3.05, 3.63) is 17.5 Å². The Kier molecular flexibility index (Phi) is 6.50. The molecule has 0 unspecified atom stereocenters. The van der Waals surface area contributed by atoms with E-state index in [-0.39, 0.29) is 17.9 Å². The minimum absolute atomic E-state index is 0.0500. The second-order valence-corrected chi connectivity index (χ2v) is 8.57. The predicted molar refractivity (Wildman–Crippen MR) is 108 cm³/mol. The van der Waals surface area contributed by atoms with Gasteiger partial charge in [-0.1, -0.05) is 6.42 Å². The fraction of sp³-hybridized carbons (Fsp3) is 0.762. The first kappa shape index (κ1) is 20.3. The molecule has 2 fully saturated rings.